The van der Waals surface area contributed by atoms with Crippen LogP contribution >= 0.6 is 11.3 Å². The molecule has 1 heterocycles. The van der Waals surface area contributed by atoms with Crippen LogP contribution in [0.25, 0.3) is 0 Å². The number of nitrogens with one attached hydrogen (secondary N) is 1. The summed E-state index contributed by atoms with van der Waals surface area (Å²) in [4.78, 5) is 37.2. The number of aliphatic carboxylic acids is 1. The Labute approximate surface area is 144 Å². The molecular formula is C17H21NO5S. The Bertz CT molecular complexity index is 683. The maximum absolute atomic E-state index is 12.7. The summed E-state index contributed by atoms with van der Waals surface area (Å²) in [5, 5.41) is 12.7. The first-order valence-electron chi connectivity index (χ1n) is 8.23. The molecule has 2 bridgehead atoms. The van der Waals surface area contributed by atoms with Crippen LogP contribution in [0, 0.1) is 30.6 Å². The van der Waals surface area contributed by atoms with Crippen molar-refractivity contribution in [3.8, 4) is 0 Å². The summed E-state index contributed by atoms with van der Waals surface area (Å²) in [6, 6.07) is 1.69. The van der Waals surface area contributed by atoms with E-state index in [1.807, 2.05) is 6.92 Å². The lowest BCUT2D eigenvalue weighted by atomic mass is 9.79. The molecule has 3 rings (SSSR count). The lowest BCUT2D eigenvalue weighted by Gasteiger charge is -2.26. The number of esters is 1. The highest BCUT2D eigenvalue weighted by molar-refractivity contribution is 7.16. The van der Waals surface area contributed by atoms with Crippen LogP contribution in [0.2, 0.25) is 0 Å². The van der Waals surface area contributed by atoms with Crippen molar-refractivity contribution in [2.75, 3.05) is 11.9 Å². The summed E-state index contributed by atoms with van der Waals surface area (Å²) in [5.74, 6) is -2.56. The molecule has 2 N–H and O–H groups in total. The number of fused-ring (bicyclic) bond motifs is 2. The number of ether oxygens (including phenoxy) is 1. The van der Waals surface area contributed by atoms with Gasteiger partial charge in [0.25, 0.3) is 0 Å². The van der Waals surface area contributed by atoms with Crippen molar-refractivity contribution >= 4 is 34.2 Å². The van der Waals surface area contributed by atoms with Crippen molar-refractivity contribution in [3.63, 3.8) is 0 Å². The van der Waals surface area contributed by atoms with Gasteiger partial charge in [-0.3, -0.25) is 9.59 Å². The predicted molar refractivity (Wildman–Crippen MR) is 89.1 cm³/mol. The lowest BCUT2D eigenvalue weighted by molar-refractivity contribution is -0.148. The number of carbonyl (C=O) groups excluding carboxylic acids is 2. The van der Waals surface area contributed by atoms with Gasteiger partial charge in [0.1, 0.15) is 5.00 Å². The van der Waals surface area contributed by atoms with E-state index < -0.39 is 23.8 Å². The third-order valence-corrected chi connectivity index (χ3v) is 6.06. The third kappa shape index (κ3) is 2.92. The normalized spacial score (nSPS) is 27.9. The second-order valence-electron chi connectivity index (χ2n) is 6.53. The monoisotopic (exact) mass is 351 g/mol. The van der Waals surface area contributed by atoms with Gasteiger partial charge in [-0.05, 0) is 51.0 Å². The molecule has 0 aliphatic heterocycles. The van der Waals surface area contributed by atoms with Gasteiger partial charge in [0.05, 0.1) is 24.0 Å². The van der Waals surface area contributed by atoms with Crippen molar-refractivity contribution < 1.29 is 24.2 Å². The van der Waals surface area contributed by atoms with Crippen molar-refractivity contribution in [2.24, 2.45) is 23.7 Å². The van der Waals surface area contributed by atoms with Crippen LogP contribution in [-0.2, 0) is 14.3 Å². The number of anilines is 1. The number of carboxylic acids is 1. The van der Waals surface area contributed by atoms with Crippen molar-refractivity contribution in [1.82, 2.24) is 0 Å². The minimum atomic E-state index is -0.893. The van der Waals surface area contributed by atoms with E-state index in [1.165, 1.54) is 11.3 Å². The Hall–Kier alpha value is -1.89. The van der Waals surface area contributed by atoms with E-state index in [4.69, 9.17) is 4.74 Å². The number of hydrogen-bond acceptors (Lipinski definition) is 5. The highest BCUT2D eigenvalue weighted by Crippen LogP contribution is 2.52. The molecule has 0 saturated heterocycles. The topological polar surface area (TPSA) is 92.7 Å². The van der Waals surface area contributed by atoms with E-state index in [9.17, 15) is 19.5 Å². The maximum atomic E-state index is 12.7. The zero-order valence-corrected chi connectivity index (χ0v) is 14.5. The number of carbonyl (C=O) groups is 3. The number of carboxylic acid groups (broad SMARTS) is 1. The average Bonchev–Trinajstić information content (AvgIpc) is 3.20. The Morgan fingerprint density at radius 3 is 2.58 bits per heavy atom. The van der Waals surface area contributed by atoms with Gasteiger partial charge < -0.3 is 15.2 Å². The molecule has 24 heavy (non-hydrogen) atoms. The predicted octanol–water partition coefficient (Wildman–Crippen LogP) is 2.92. The molecule has 1 amide bonds. The Morgan fingerprint density at radius 1 is 1.29 bits per heavy atom. The van der Waals surface area contributed by atoms with Gasteiger partial charge in [0.2, 0.25) is 5.91 Å². The summed E-state index contributed by atoms with van der Waals surface area (Å²) < 4.78 is 5.02. The fourth-order valence-corrected chi connectivity index (χ4v) is 5.09. The summed E-state index contributed by atoms with van der Waals surface area (Å²) in [6.07, 6.45) is 2.60. The largest absolute Gasteiger partial charge is 0.481 e. The van der Waals surface area contributed by atoms with Gasteiger partial charge in [-0.15, -0.1) is 11.3 Å². The molecule has 2 aliphatic carbocycles. The maximum Gasteiger partial charge on any atom is 0.341 e. The number of rotatable bonds is 5. The van der Waals surface area contributed by atoms with E-state index >= 15 is 0 Å². The first kappa shape index (κ1) is 17.0. The smallest absolute Gasteiger partial charge is 0.341 e. The Kier molecular flexibility index (Phi) is 4.62. The molecule has 130 valence electrons. The number of amides is 1. The molecule has 4 atom stereocenters. The fraction of sp³-hybridized carbons (Fsp3) is 0.588. The summed E-state index contributed by atoms with van der Waals surface area (Å²) in [7, 11) is 0. The molecule has 2 fully saturated rings. The van der Waals surface area contributed by atoms with E-state index in [0.29, 0.717) is 10.6 Å². The van der Waals surface area contributed by atoms with Crippen LogP contribution in [0.15, 0.2) is 6.07 Å². The first-order chi connectivity index (χ1) is 11.4. The molecule has 2 aliphatic rings. The quantitative estimate of drug-likeness (QED) is 0.796. The summed E-state index contributed by atoms with van der Waals surface area (Å²) in [5.41, 5.74) is 0.336. The molecule has 0 aromatic carbocycles. The molecule has 1 aromatic heterocycles. The van der Waals surface area contributed by atoms with Crippen molar-refractivity contribution in [3.05, 3.63) is 16.5 Å². The van der Waals surface area contributed by atoms with Crippen LogP contribution in [0.1, 0.15) is 41.4 Å². The molecule has 7 heteroatoms. The van der Waals surface area contributed by atoms with Crippen LogP contribution in [-0.4, -0.2) is 29.6 Å². The van der Waals surface area contributed by atoms with Crippen molar-refractivity contribution in [2.45, 2.75) is 33.1 Å². The number of aryl methyl sites for hydroxylation is 1. The number of thiophene rings is 1. The minimum absolute atomic E-state index is 0.0952. The Morgan fingerprint density at radius 2 is 1.96 bits per heavy atom. The van der Waals surface area contributed by atoms with Gasteiger partial charge >= 0.3 is 11.9 Å². The molecule has 0 radical (unpaired) electrons. The van der Waals surface area contributed by atoms with E-state index in [2.05, 4.69) is 5.32 Å². The van der Waals surface area contributed by atoms with E-state index in [-0.39, 0.29) is 24.3 Å². The van der Waals surface area contributed by atoms with Crippen LogP contribution in [0.4, 0.5) is 5.00 Å². The zero-order valence-electron chi connectivity index (χ0n) is 13.7. The van der Waals surface area contributed by atoms with Crippen molar-refractivity contribution in [1.29, 1.82) is 0 Å². The molecule has 0 unspecified atom stereocenters. The van der Waals surface area contributed by atoms with Crippen LogP contribution in [0.3, 0.4) is 0 Å². The summed E-state index contributed by atoms with van der Waals surface area (Å²) >= 11 is 1.31. The fourth-order valence-electron chi connectivity index (χ4n) is 4.19. The molecular weight excluding hydrogens is 330 g/mol. The lowest BCUT2D eigenvalue weighted by Crippen LogP contribution is -2.37. The van der Waals surface area contributed by atoms with E-state index in [1.54, 1.807) is 13.0 Å². The summed E-state index contributed by atoms with van der Waals surface area (Å²) in [6.45, 7) is 3.83. The standard InChI is InChI=1S/C17H21NO5S/c1-3-23-17(22)11-6-8(2)24-15(11)18-14(19)12-9-4-5-10(7-9)13(12)16(20)21/h6,9-10,12-13H,3-5,7H2,1-2H3,(H,18,19)(H,20,21)/t9-,10-,12-,13-/m0/s1. The van der Waals surface area contributed by atoms with E-state index in [0.717, 1.165) is 24.1 Å². The molecule has 6 nitrogen and oxygen atoms in total. The Balaban J connectivity index is 1.80. The van der Waals surface area contributed by atoms with Gasteiger partial charge in [-0.25, -0.2) is 4.79 Å². The van der Waals surface area contributed by atoms with Gasteiger partial charge in [-0.2, -0.15) is 0 Å². The molecule has 0 spiro atoms. The van der Waals surface area contributed by atoms with Gasteiger partial charge in [0.15, 0.2) is 0 Å². The highest BCUT2D eigenvalue weighted by Gasteiger charge is 2.54. The second kappa shape index (κ2) is 6.55. The average molecular weight is 351 g/mol. The van der Waals surface area contributed by atoms with Gasteiger partial charge in [0, 0.05) is 4.88 Å². The molecule has 2 saturated carbocycles. The first-order valence-corrected chi connectivity index (χ1v) is 9.05. The number of hydrogen-bond donors (Lipinski definition) is 2. The van der Waals surface area contributed by atoms with Crippen LogP contribution < -0.4 is 5.32 Å². The third-order valence-electron chi connectivity index (χ3n) is 5.09. The van der Waals surface area contributed by atoms with Gasteiger partial charge in [-0.1, -0.05) is 0 Å². The minimum Gasteiger partial charge on any atom is -0.481 e. The zero-order chi connectivity index (χ0) is 17.4. The molecule has 1 aromatic rings. The highest BCUT2D eigenvalue weighted by atomic mass is 32.1. The SMILES string of the molecule is CCOC(=O)c1cc(C)sc1NC(=O)[C@H]1[C@H]2CC[C@@H](C2)[C@@H]1C(=O)O. The second-order valence-corrected chi connectivity index (χ2v) is 7.79. The van der Waals surface area contributed by atoms with Crippen LogP contribution in [0.5, 0.6) is 0 Å².